The Hall–Kier alpha value is -1.72. The third-order valence-electron chi connectivity index (χ3n) is 3.63. The van der Waals surface area contributed by atoms with Crippen molar-refractivity contribution < 1.29 is 9.26 Å². The summed E-state index contributed by atoms with van der Waals surface area (Å²) in [5.41, 5.74) is 7.29. The van der Waals surface area contributed by atoms with Gasteiger partial charge in [-0.1, -0.05) is 35.5 Å². The molecule has 1 aliphatic rings. The molecule has 2 atom stereocenters. The molecule has 1 fully saturated rings. The van der Waals surface area contributed by atoms with E-state index in [1.54, 1.807) is 7.11 Å². The minimum atomic E-state index is -0.282. The number of aromatic nitrogens is 2. The molecule has 2 unspecified atom stereocenters. The first-order valence-corrected chi connectivity index (χ1v) is 6.93. The summed E-state index contributed by atoms with van der Waals surface area (Å²) >= 11 is 0. The first-order chi connectivity index (χ1) is 9.78. The lowest BCUT2D eigenvalue weighted by atomic mass is 10.1. The highest BCUT2D eigenvalue weighted by Crippen LogP contribution is 2.42. The van der Waals surface area contributed by atoms with Crippen LogP contribution < -0.4 is 5.73 Å². The molecule has 20 heavy (non-hydrogen) atoms. The van der Waals surface area contributed by atoms with Gasteiger partial charge in [0.15, 0.2) is 0 Å². The molecule has 0 saturated heterocycles. The van der Waals surface area contributed by atoms with Crippen LogP contribution in [0.3, 0.4) is 0 Å². The highest BCUT2D eigenvalue weighted by Gasteiger charge is 2.36. The molecule has 1 saturated carbocycles. The molecule has 1 aromatic carbocycles. The lowest BCUT2D eigenvalue weighted by Crippen LogP contribution is -2.14. The van der Waals surface area contributed by atoms with Crippen LogP contribution in [0.25, 0.3) is 0 Å². The smallest absolute Gasteiger partial charge is 0.243 e. The number of benzene rings is 1. The number of nitrogens with zero attached hydrogens (tertiary/aromatic N) is 2. The maximum absolute atomic E-state index is 6.14. The molecule has 2 aromatic rings. The van der Waals surface area contributed by atoms with Gasteiger partial charge in [-0.2, -0.15) is 4.98 Å². The number of methoxy groups -OCH3 is 1. The van der Waals surface area contributed by atoms with E-state index in [1.807, 2.05) is 30.3 Å². The summed E-state index contributed by atoms with van der Waals surface area (Å²) in [4.78, 5) is 4.41. The van der Waals surface area contributed by atoms with Crippen molar-refractivity contribution in [1.29, 1.82) is 0 Å². The maximum atomic E-state index is 6.14. The van der Waals surface area contributed by atoms with Gasteiger partial charge in [-0.25, -0.2) is 0 Å². The molecule has 0 bridgehead atoms. The van der Waals surface area contributed by atoms with Crippen molar-refractivity contribution in [3.05, 3.63) is 47.6 Å². The van der Waals surface area contributed by atoms with Crippen molar-refractivity contribution in [1.82, 2.24) is 10.1 Å². The second-order valence-corrected chi connectivity index (χ2v) is 5.28. The first-order valence-electron chi connectivity index (χ1n) is 6.93. The lowest BCUT2D eigenvalue weighted by Gasteiger charge is -2.09. The van der Waals surface area contributed by atoms with Crippen LogP contribution >= 0.6 is 0 Å². The Kier molecular flexibility index (Phi) is 3.80. The van der Waals surface area contributed by atoms with Crippen LogP contribution in [0.5, 0.6) is 0 Å². The molecule has 5 nitrogen and oxygen atoms in total. The maximum Gasteiger partial charge on any atom is 0.243 e. The molecule has 0 spiro atoms. The molecule has 0 radical (unpaired) electrons. The van der Waals surface area contributed by atoms with E-state index in [9.17, 15) is 0 Å². The van der Waals surface area contributed by atoms with Crippen LogP contribution in [-0.2, 0) is 11.2 Å². The second-order valence-electron chi connectivity index (χ2n) is 5.28. The number of hydrogen-bond acceptors (Lipinski definition) is 5. The zero-order valence-corrected chi connectivity index (χ0v) is 11.5. The van der Waals surface area contributed by atoms with Gasteiger partial charge in [0.2, 0.25) is 11.7 Å². The van der Waals surface area contributed by atoms with E-state index in [0.717, 1.165) is 5.56 Å². The number of hydrogen-bond donors (Lipinski definition) is 1. The van der Waals surface area contributed by atoms with E-state index in [1.165, 1.54) is 12.8 Å². The molecule has 1 aliphatic carbocycles. The fourth-order valence-corrected chi connectivity index (χ4v) is 2.38. The molecule has 1 aromatic heterocycles. The first kappa shape index (κ1) is 13.3. The highest BCUT2D eigenvalue weighted by atomic mass is 16.5. The number of nitrogens with two attached hydrogens (primary N) is 1. The molecular formula is C15H19N3O2. The lowest BCUT2D eigenvalue weighted by molar-refractivity contribution is 0.0751. The molecule has 1 heterocycles. The molecule has 0 amide bonds. The van der Waals surface area contributed by atoms with Gasteiger partial charge in [0.05, 0.1) is 6.04 Å². The Morgan fingerprint density at radius 1 is 1.35 bits per heavy atom. The fourth-order valence-electron chi connectivity index (χ4n) is 2.38. The van der Waals surface area contributed by atoms with E-state index in [0.29, 0.717) is 24.1 Å². The van der Waals surface area contributed by atoms with Gasteiger partial charge in [0.25, 0.3) is 0 Å². The standard InChI is InChI=1S/C15H19N3O2/c1-19-13(11-7-8-11)14-17-15(20-18-14)12(16)9-10-5-3-2-4-6-10/h2-6,11-13H,7-9,16H2,1H3. The van der Waals surface area contributed by atoms with Gasteiger partial charge in [0.1, 0.15) is 6.10 Å². The summed E-state index contributed by atoms with van der Waals surface area (Å²) in [5, 5.41) is 4.02. The van der Waals surface area contributed by atoms with Crippen LogP contribution in [0.2, 0.25) is 0 Å². The van der Waals surface area contributed by atoms with Crippen molar-refractivity contribution in [3.63, 3.8) is 0 Å². The summed E-state index contributed by atoms with van der Waals surface area (Å²) < 4.78 is 10.7. The highest BCUT2D eigenvalue weighted by molar-refractivity contribution is 5.16. The monoisotopic (exact) mass is 273 g/mol. The van der Waals surface area contributed by atoms with Gasteiger partial charge in [-0.05, 0) is 30.7 Å². The largest absolute Gasteiger partial charge is 0.373 e. The van der Waals surface area contributed by atoms with E-state index in [4.69, 9.17) is 15.0 Å². The summed E-state index contributed by atoms with van der Waals surface area (Å²) in [7, 11) is 1.68. The molecule has 0 aliphatic heterocycles. The predicted molar refractivity (Wildman–Crippen MR) is 73.8 cm³/mol. The number of ether oxygens (including phenoxy) is 1. The molecule has 106 valence electrons. The van der Waals surface area contributed by atoms with Crippen molar-refractivity contribution >= 4 is 0 Å². The van der Waals surface area contributed by atoms with Crippen LogP contribution in [0.1, 0.15) is 42.3 Å². The third kappa shape index (κ3) is 2.89. The Morgan fingerprint density at radius 2 is 2.10 bits per heavy atom. The van der Waals surface area contributed by atoms with Crippen LogP contribution in [-0.4, -0.2) is 17.3 Å². The van der Waals surface area contributed by atoms with Crippen molar-refractivity contribution in [2.24, 2.45) is 11.7 Å². The van der Waals surface area contributed by atoms with Gasteiger partial charge in [-0.3, -0.25) is 0 Å². The fraction of sp³-hybridized carbons (Fsp3) is 0.467. The van der Waals surface area contributed by atoms with Gasteiger partial charge < -0.3 is 15.0 Å². The van der Waals surface area contributed by atoms with Gasteiger partial charge in [0, 0.05) is 7.11 Å². The third-order valence-corrected chi connectivity index (χ3v) is 3.63. The van der Waals surface area contributed by atoms with Crippen molar-refractivity contribution in [2.45, 2.75) is 31.4 Å². The second kappa shape index (κ2) is 5.73. The van der Waals surface area contributed by atoms with Crippen LogP contribution in [0.4, 0.5) is 0 Å². The topological polar surface area (TPSA) is 74.2 Å². The minimum Gasteiger partial charge on any atom is -0.373 e. The summed E-state index contributed by atoms with van der Waals surface area (Å²) in [6, 6.07) is 9.78. The Morgan fingerprint density at radius 3 is 2.75 bits per heavy atom. The van der Waals surface area contributed by atoms with Gasteiger partial charge >= 0.3 is 0 Å². The van der Waals surface area contributed by atoms with Crippen LogP contribution in [0, 0.1) is 5.92 Å². The minimum absolute atomic E-state index is 0.0589. The molecule has 3 rings (SSSR count). The zero-order valence-electron chi connectivity index (χ0n) is 11.5. The zero-order chi connectivity index (χ0) is 13.9. The quantitative estimate of drug-likeness (QED) is 0.874. The Labute approximate surface area is 118 Å². The Balaban J connectivity index is 1.69. The predicted octanol–water partition coefficient (Wildman–Crippen LogP) is 2.41. The molecule has 2 N–H and O–H groups in total. The summed E-state index contributed by atoms with van der Waals surface area (Å²) in [5.74, 6) is 1.62. The average molecular weight is 273 g/mol. The van der Waals surface area contributed by atoms with E-state index >= 15 is 0 Å². The van der Waals surface area contributed by atoms with Crippen molar-refractivity contribution in [3.8, 4) is 0 Å². The summed E-state index contributed by atoms with van der Waals surface area (Å²) in [6.07, 6.45) is 2.96. The Bertz CT molecular complexity index is 551. The van der Waals surface area contributed by atoms with E-state index < -0.39 is 0 Å². The van der Waals surface area contributed by atoms with Crippen molar-refractivity contribution in [2.75, 3.05) is 7.11 Å². The molecule has 5 heteroatoms. The van der Waals surface area contributed by atoms with E-state index in [2.05, 4.69) is 10.1 Å². The SMILES string of the molecule is COC(c1noc(C(N)Cc2ccccc2)n1)C1CC1. The molecular weight excluding hydrogens is 254 g/mol. The van der Waals surface area contributed by atoms with Gasteiger partial charge in [-0.15, -0.1) is 0 Å². The van der Waals surface area contributed by atoms with E-state index in [-0.39, 0.29) is 12.1 Å². The van der Waals surface area contributed by atoms with Crippen LogP contribution in [0.15, 0.2) is 34.9 Å². The average Bonchev–Trinajstić information content (AvgIpc) is 3.17. The normalized spacial score (nSPS) is 17.9. The number of rotatable bonds is 6. The summed E-state index contributed by atoms with van der Waals surface area (Å²) in [6.45, 7) is 0.